The van der Waals surface area contributed by atoms with Gasteiger partial charge in [0.2, 0.25) is 0 Å². The number of hydrazone groups is 1. The SMILES string of the molecule is CC(Oc1ccc(Cl)cc1Cl)C(=O)NN=C1CCCCCCC1. The molecule has 1 saturated carbocycles. The Labute approximate surface area is 147 Å². The molecule has 0 aromatic heterocycles. The molecule has 0 heterocycles. The van der Waals surface area contributed by atoms with E-state index in [1.807, 2.05) is 0 Å². The molecule has 1 atom stereocenters. The molecule has 0 spiro atoms. The molecule has 1 aliphatic carbocycles. The van der Waals surface area contributed by atoms with Gasteiger partial charge in [0.1, 0.15) is 5.75 Å². The summed E-state index contributed by atoms with van der Waals surface area (Å²) in [6, 6.07) is 4.90. The van der Waals surface area contributed by atoms with Gasteiger partial charge in [0.05, 0.1) is 5.02 Å². The summed E-state index contributed by atoms with van der Waals surface area (Å²) in [5, 5.41) is 5.17. The van der Waals surface area contributed by atoms with Crippen LogP contribution in [0.3, 0.4) is 0 Å². The van der Waals surface area contributed by atoms with E-state index in [4.69, 9.17) is 27.9 Å². The van der Waals surface area contributed by atoms with Crippen LogP contribution in [0.2, 0.25) is 10.0 Å². The van der Waals surface area contributed by atoms with Gasteiger partial charge in [-0.1, -0.05) is 42.5 Å². The Morgan fingerprint density at radius 1 is 1.17 bits per heavy atom. The van der Waals surface area contributed by atoms with E-state index in [-0.39, 0.29) is 5.91 Å². The number of nitrogens with one attached hydrogen (secondary N) is 1. The predicted octanol–water partition coefficient (Wildman–Crippen LogP) is 4.98. The monoisotopic (exact) mass is 356 g/mol. The predicted molar refractivity (Wildman–Crippen MR) is 94.4 cm³/mol. The Bertz CT molecular complexity index is 566. The lowest BCUT2D eigenvalue weighted by Crippen LogP contribution is -2.34. The topological polar surface area (TPSA) is 50.7 Å². The summed E-state index contributed by atoms with van der Waals surface area (Å²) in [5.41, 5.74) is 3.67. The van der Waals surface area contributed by atoms with Crippen LogP contribution in [0.15, 0.2) is 23.3 Å². The number of amides is 1. The summed E-state index contributed by atoms with van der Waals surface area (Å²) >= 11 is 11.9. The standard InChI is InChI=1S/C17H22Cl2N2O2/c1-12(23-16-10-9-13(18)11-15(16)19)17(22)21-20-14-7-5-3-2-4-6-8-14/h9-12H,2-8H2,1H3,(H,21,22). The second kappa shape index (κ2) is 9.14. The van der Waals surface area contributed by atoms with E-state index in [1.165, 1.54) is 19.3 Å². The number of hydrogen-bond donors (Lipinski definition) is 1. The maximum atomic E-state index is 12.1. The van der Waals surface area contributed by atoms with Gasteiger partial charge in [0.25, 0.3) is 5.91 Å². The maximum absolute atomic E-state index is 12.1. The fourth-order valence-corrected chi connectivity index (χ4v) is 2.92. The first kappa shape index (κ1) is 18.1. The summed E-state index contributed by atoms with van der Waals surface area (Å²) in [7, 11) is 0. The minimum absolute atomic E-state index is 0.287. The molecular weight excluding hydrogens is 335 g/mol. The van der Waals surface area contributed by atoms with Crippen LogP contribution < -0.4 is 10.2 Å². The van der Waals surface area contributed by atoms with Crippen molar-refractivity contribution in [2.75, 3.05) is 0 Å². The van der Waals surface area contributed by atoms with Crippen molar-refractivity contribution in [3.63, 3.8) is 0 Å². The first-order valence-corrected chi connectivity index (χ1v) is 8.79. The van der Waals surface area contributed by atoms with E-state index in [0.717, 1.165) is 31.4 Å². The molecule has 0 aliphatic heterocycles. The van der Waals surface area contributed by atoms with Crippen molar-refractivity contribution in [1.82, 2.24) is 5.43 Å². The second-order valence-corrected chi connectivity index (χ2v) is 6.60. The molecule has 1 aromatic carbocycles. The molecule has 1 unspecified atom stereocenters. The smallest absolute Gasteiger partial charge is 0.280 e. The van der Waals surface area contributed by atoms with E-state index in [0.29, 0.717) is 15.8 Å². The molecule has 1 amide bonds. The van der Waals surface area contributed by atoms with Crippen LogP contribution in [0, 0.1) is 0 Å². The Kier molecular flexibility index (Phi) is 7.18. The third kappa shape index (κ3) is 6.04. The number of benzene rings is 1. The molecule has 0 bridgehead atoms. The van der Waals surface area contributed by atoms with Gasteiger partial charge in [0.15, 0.2) is 6.10 Å². The highest BCUT2D eigenvalue weighted by molar-refractivity contribution is 6.35. The summed E-state index contributed by atoms with van der Waals surface area (Å²) < 4.78 is 5.57. The number of rotatable bonds is 4. The number of ether oxygens (including phenoxy) is 1. The Balaban J connectivity index is 1.88. The first-order valence-electron chi connectivity index (χ1n) is 8.03. The van der Waals surface area contributed by atoms with Crippen molar-refractivity contribution in [3.8, 4) is 5.75 Å². The average molecular weight is 357 g/mol. The van der Waals surface area contributed by atoms with Crippen molar-refractivity contribution < 1.29 is 9.53 Å². The van der Waals surface area contributed by atoms with E-state index >= 15 is 0 Å². The zero-order valence-corrected chi connectivity index (χ0v) is 14.8. The number of nitrogens with zero attached hydrogens (tertiary/aromatic N) is 1. The molecule has 23 heavy (non-hydrogen) atoms. The van der Waals surface area contributed by atoms with Crippen LogP contribution >= 0.6 is 23.2 Å². The molecule has 1 aliphatic rings. The van der Waals surface area contributed by atoms with Gasteiger partial charge in [-0.25, -0.2) is 5.43 Å². The molecule has 1 fully saturated rings. The highest BCUT2D eigenvalue weighted by Crippen LogP contribution is 2.28. The van der Waals surface area contributed by atoms with Gasteiger partial charge in [-0.15, -0.1) is 0 Å². The zero-order valence-electron chi connectivity index (χ0n) is 13.3. The fraction of sp³-hybridized carbons (Fsp3) is 0.529. The molecule has 1 aromatic rings. The van der Waals surface area contributed by atoms with E-state index < -0.39 is 6.10 Å². The molecule has 126 valence electrons. The maximum Gasteiger partial charge on any atom is 0.280 e. The summed E-state index contributed by atoms with van der Waals surface area (Å²) in [5.74, 6) is 0.142. The van der Waals surface area contributed by atoms with Crippen LogP contribution in [-0.2, 0) is 4.79 Å². The van der Waals surface area contributed by atoms with Crippen molar-refractivity contribution in [1.29, 1.82) is 0 Å². The number of hydrogen-bond acceptors (Lipinski definition) is 3. The highest BCUT2D eigenvalue weighted by Gasteiger charge is 2.16. The minimum Gasteiger partial charge on any atom is -0.479 e. The van der Waals surface area contributed by atoms with Crippen molar-refractivity contribution in [3.05, 3.63) is 28.2 Å². The van der Waals surface area contributed by atoms with E-state index in [9.17, 15) is 4.79 Å². The third-order valence-corrected chi connectivity index (χ3v) is 4.35. The van der Waals surface area contributed by atoms with Gasteiger partial charge >= 0.3 is 0 Å². The average Bonchev–Trinajstić information content (AvgIpc) is 2.48. The van der Waals surface area contributed by atoms with E-state index in [1.54, 1.807) is 25.1 Å². The molecule has 0 saturated heterocycles. The summed E-state index contributed by atoms with van der Waals surface area (Å²) in [6.45, 7) is 1.67. The van der Waals surface area contributed by atoms with Crippen LogP contribution in [0.1, 0.15) is 51.9 Å². The van der Waals surface area contributed by atoms with Gasteiger partial charge in [0, 0.05) is 10.7 Å². The molecule has 6 heteroatoms. The van der Waals surface area contributed by atoms with Gasteiger partial charge in [-0.2, -0.15) is 5.10 Å². The Morgan fingerprint density at radius 3 is 2.48 bits per heavy atom. The lowest BCUT2D eigenvalue weighted by Gasteiger charge is -2.15. The molecule has 2 rings (SSSR count). The molecular formula is C17H22Cl2N2O2. The number of halogens is 2. The van der Waals surface area contributed by atoms with Crippen LogP contribution in [0.25, 0.3) is 0 Å². The Morgan fingerprint density at radius 2 is 1.83 bits per heavy atom. The van der Waals surface area contributed by atoms with Gasteiger partial charge < -0.3 is 4.74 Å². The van der Waals surface area contributed by atoms with Crippen LogP contribution in [0.4, 0.5) is 0 Å². The van der Waals surface area contributed by atoms with Crippen LogP contribution in [-0.4, -0.2) is 17.7 Å². The van der Waals surface area contributed by atoms with Crippen LogP contribution in [0.5, 0.6) is 5.75 Å². The summed E-state index contributed by atoms with van der Waals surface area (Å²) in [6.07, 6.45) is 7.28. The van der Waals surface area contributed by atoms with Crippen molar-refractivity contribution in [2.45, 2.75) is 58.0 Å². The lowest BCUT2D eigenvalue weighted by molar-refractivity contribution is -0.127. The van der Waals surface area contributed by atoms with Crippen molar-refractivity contribution >= 4 is 34.8 Å². The molecule has 0 radical (unpaired) electrons. The largest absolute Gasteiger partial charge is 0.479 e. The quantitative estimate of drug-likeness (QED) is 0.773. The van der Waals surface area contributed by atoms with Crippen molar-refractivity contribution in [2.24, 2.45) is 5.10 Å². The second-order valence-electron chi connectivity index (χ2n) is 5.76. The number of carbonyl (C=O) groups excluding carboxylic acids is 1. The fourth-order valence-electron chi connectivity index (χ4n) is 2.47. The van der Waals surface area contributed by atoms with Gasteiger partial charge in [-0.3, -0.25) is 4.79 Å². The minimum atomic E-state index is -0.688. The normalized spacial score (nSPS) is 16.9. The summed E-state index contributed by atoms with van der Waals surface area (Å²) in [4.78, 5) is 12.1. The highest BCUT2D eigenvalue weighted by atomic mass is 35.5. The zero-order chi connectivity index (χ0) is 16.7. The number of carbonyl (C=O) groups is 1. The molecule has 4 nitrogen and oxygen atoms in total. The van der Waals surface area contributed by atoms with Gasteiger partial charge in [-0.05, 0) is 50.8 Å². The van der Waals surface area contributed by atoms with E-state index in [2.05, 4.69) is 10.5 Å². The third-order valence-electron chi connectivity index (χ3n) is 3.82. The Hall–Kier alpha value is -1.26. The lowest BCUT2D eigenvalue weighted by atomic mass is 9.99. The molecule has 1 N–H and O–H groups in total. The first-order chi connectivity index (χ1) is 11.1.